The number of rotatable bonds is 5. The predicted octanol–water partition coefficient (Wildman–Crippen LogP) is -0.0517. The van der Waals surface area contributed by atoms with Crippen molar-refractivity contribution in [2.75, 3.05) is 26.2 Å². The summed E-state index contributed by atoms with van der Waals surface area (Å²) in [5.74, 6) is 0.0694. The van der Waals surface area contributed by atoms with E-state index in [9.17, 15) is 5.11 Å². The van der Waals surface area contributed by atoms with E-state index in [2.05, 4.69) is 14.5 Å². The van der Waals surface area contributed by atoms with Gasteiger partial charge in [-0.05, 0) is 25.9 Å². The molecule has 0 radical (unpaired) electrons. The molecule has 2 rings (SSSR count). The van der Waals surface area contributed by atoms with Crippen LogP contribution >= 0.6 is 0 Å². The highest BCUT2D eigenvalue weighted by Crippen LogP contribution is 2.17. The summed E-state index contributed by atoms with van der Waals surface area (Å²) in [4.78, 5) is 6.27. The van der Waals surface area contributed by atoms with Crippen LogP contribution in [0, 0.1) is 5.92 Å². The summed E-state index contributed by atoms with van der Waals surface area (Å²) >= 11 is 0. The molecule has 0 aromatic carbocycles. The molecule has 1 saturated heterocycles. The second kappa shape index (κ2) is 6.14. The Morgan fingerprint density at radius 3 is 2.88 bits per heavy atom. The molecule has 0 amide bonds. The van der Waals surface area contributed by atoms with Gasteiger partial charge in [-0.1, -0.05) is 0 Å². The molecule has 2 atom stereocenters. The summed E-state index contributed by atoms with van der Waals surface area (Å²) in [5, 5.41) is 18.9. The van der Waals surface area contributed by atoms with Crippen LogP contribution in [0.25, 0.3) is 0 Å². The Bertz CT molecular complexity index is 316. The second-order valence-electron chi connectivity index (χ2n) is 4.75. The number of likely N-dealkylation sites (tertiary alicyclic amines) is 1. The molecule has 2 N–H and O–H groups in total. The van der Waals surface area contributed by atoms with E-state index in [-0.39, 0.29) is 18.6 Å². The molecule has 0 aliphatic carbocycles. The highest BCUT2D eigenvalue weighted by Gasteiger charge is 2.26. The molecule has 96 valence electrons. The molecule has 0 bridgehead atoms. The molecule has 0 unspecified atom stereocenters. The number of aliphatic hydroxyl groups is 2. The molecule has 1 fully saturated rings. The van der Waals surface area contributed by atoms with Gasteiger partial charge in [-0.2, -0.15) is 0 Å². The van der Waals surface area contributed by atoms with Crippen molar-refractivity contribution in [1.82, 2.24) is 14.5 Å². The lowest BCUT2D eigenvalue weighted by molar-refractivity contribution is -0.00232. The Hall–Kier alpha value is -0.910. The first-order valence-electron chi connectivity index (χ1n) is 6.26. The number of aromatic nitrogens is 2. The van der Waals surface area contributed by atoms with Crippen LogP contribution in [0.5, 0.6) is 0 Å². The Balaban J connectivity index is 1.67. The zero-order valence-corrected chi connectivity index (χ0v) is 10.1. The third-order valence-corrected chi connectivity index (χ3v) is 3.49. The first kappa shape index (κ1) is 12.5. The zero-order chi connectivity index (χ0) is 12.1. The molecular weight excluding hydrogens is 218 g/mol. The lowest BCUT2D eigenvalue weighted by atomic mass is 9.95. The fourth-order valence-corrected chi connectivity index (χ4v) is 2.36. The lowest BCUT2D eigenvalue weighted by Gasteiger charge is -2.35. The molecule has 5 heteroatoms. The minimum absolute atomic E-state index is 0.0694. The maximum Gasteiger partial charge on any atom is 0.0945 e. The molecule has 17 heavy (non-hydrogen) atoms. The van der Waals surface area contributed by atoms with Gasteiger partial charge < -0.3 is 19.7 Å². The smallest absolute Gasteiger partial charge is 0.0945 e. The van der Waals surface area contributed by atoms with Gasteiger partial charge in [0.25, 0.3) is 0 Å². The highest BCUT2D eigenvalue weighted by molar-refractivity contribution is 4.80. The molecule has 1 aliphatic rings. The number of piperidine rings is 1. The van der Waals surface area contributed by atoms with Crippen molar-refractivity contribution in [2.45, 2.75) is 25.5 Å². The van der Waals surface area contributed by atoms with E-state index in [1.165, 1.54) is 0 Å². The van der Waals surface area contributed by atoms with E-state index in [0.29, 0.717) is 6.54 Å². The van der Waals surface area contributed by atoms with Crippen LogP contribution in [-0.4, -0.2) is 57.0 Å². The van der Waals surface area contributed by atoms with Gasteiger partial charge >= 0.3 is 0 Å². The van der Waals surface area contributed by atoms with Gasteiger partial charge in [0.2, 0.25) is 0 Å². The van der Waals surface area contributed by atoms with Gasteiger partial charge in [0.15, 0.2) is 0 Å². The number of β-amino-alcohol motifs (C(OH)–C–C–N with tert-alkyl or cyclic N) is 1. The van der Waals surface area contributed by atoms with E-state index in [0.717, 1.165) is 32.5 Å². The highest BCUT2D eigenvalue weighted by atomic mass is 16.3. The quantitative estimate of drug-likeness (QED) is 0.756. The topological polar surface area (TPSA) is 61.5 Å². The number of aliphatic hydroxyl groups excluding tert-OH is 2. The van der Waals surface area contributed by atoms with Gasteiger partial charge in [0, 0.05) is 38.0 Å². The molecule has 0 saturated carbocycles. The molecule has 1 aromatic rings. The number of imidazole rings is 1. The number of aryl methyl sites for hydroxylation is 1. The molecule has 5 nitrogen and oxygen atoms in total. The van der Waals surface area contributed by atoms with Crippen molar-refractivity contribution >= 4 is 0 Å². The summed E-state index contributed by atoms with van der Waals surface area (Å²) in [7, 11) is 0. The predicted molar refractivity (Wildman–Crippen MR) is 64.5 cm³/mol. The SMILES string of the molecule is OC[C@H]1CCN(CCCn2ccnc2)C[C@H]1O. The maximum atomic E-state index is 9.81. The Morgan fingerprint density at radius 2 is 2.24 bits per heavy atom. The first-order chi connectivity index (χ1) is 8.29. The van der Waals surface area contributed by atoms with Crippen molar-refractivity contribution in [3.05, 3.63) is 18.7 Å². The summed E-state index contributed by atoms with van der Waals surface area (Å²) in [6.07, 6.45) is 7.16. The lowest BCUT2D eigenvalue weighted by Crippen LogP contribution is -2.45. The minimum Gasteiger partial charge on any atom is -0.396 e. The average molecular weight is 239 g/mol. The standard InChI is InChI=1S/C12H21N3O2/c16-9-11-2-6-14(8-12(11)17)4-1-5-15-7-3-13-10-15/h3,7,10-12,16-17H,1-2,4-6,8-9H2/t11-,12-/m1/s1. The summed E-state index contributed by atoms with van der Waals surface area (Å²) in [5.41, 5.74) is 0. The van der Waals surface area contributed by atoms with E-state index < -0.39 is 0 Å². The van der Waals surface area contributed by atoms with Gasteiger partial charge in [-0.15, -0.1) is 0 Å². The summed E-state index contributed by atoms with van der Waals surface area (Å²) in [6, 6.07) is 0. The van der Waals surface area contributed by atoms with Crippen LogP contribution in [-0.2, 0) is 6.54 Å². The average Bonchev–Trinajstić information content (AvgIpc) is 2.82. The van der Waals surface area contributed by atoms with Crippen LogP contribution in [0.1, 0.15) is 12.8 Å². The molecule has 0 spiro atoms. The van der Waals surface area contributed by atoms with E-state index in [4.69, 9.17) is 5.11 Å². The monoisotopic (exact) mass is 239 g/mol. The van der Waals surface area contributed by atoms with Crippen molar-refractivity contribution in [3.8, 4) is 0 Å². The fourth-order valence-electron chi connectivity index (χ4n) is 2.36. The van der Waals surface area contributed by atoms with Crippen molar-refractivity contribution < 1.29 is 10.2 Å². The van der Waals surface area contributed by atoms with Crippen LogP contribution in [0.3, 0.4) is 0 Å². The number of hydrogen-bond acceptors (Lipinski definition) is 4. The largest absolute Gasteiger partial charge is 0.396 e. The second-order valence-corrected chi connectivity index (χ2v) is 4.75. The van der Waals surface area contributed by atoms with Crippen molar-refractivity contribution in [1.29, 1.82) is 0 Å². The number of hydrogen-bond donors (Lipinski definition) is 2. The minimum atomic E-state index is -0.373. The van der Waals surface area contributed by atoms with Gasteiger partial charge in [0.05, 0.1) is 12.4 Å². The summed E-state index contributed by atoms with van der Waals surface area (Å²) in [6.45, 7) is 3.73. The van der Waals surface area contributed by atoms with Crippen LogP contribution in [0.2, 0.25) is 0 Å². The fraction of sp³-hybridized carbons (Fsp3) is 0.750. The zero-order valence-electron chi connectivity index (χ0n) is 10.1. The number of nitrogens with zero attached hydrogens (tertiary/aromatic N) is 3. The molecule has 1 aromatic heterocycles. The van der Waals surface area contributed by atoms with E-state index >= 15 is 0 Å². The van der Waals surface area contributed by atoms with Gasteiger partial charge in [-0.25, -0.2) is 4.98 Å². The van der Waals surface area contributed by atoms with Crippen LogP contribution in [0.15, 0.2) is 18.7 Å². The van der Waals surface area contributed by atoms with Crippen LogP contribution in [0.4, 0.5) is 0 Å². The molecular formula is C12H21N3O2. The van der Waals surface area contributed by atoms with Gasteiger partial charge in [-0.3, -0.25) is 0 Å². The Morgan fingerprint density at radius 1 is 1.35 bits per heavy atom. The third-order valence-electron chi connectivity index (χ3n) is 3.49. The normalized spacial score (nSPS) is 26.2. The Labute approximate surface area is 102 Å². The third kappa shape index (κ3) is 3.52. The van der Waals surface area contributed by atoms with Crippen molar-refractivity contribution in [3.63, 3.8) is 0 Å². The molecule has 2 heterocycles. The molecule has 1 aliphatic heterocycles. The Kier molecular flexibility index (Phi) is 4.53. The van der Waals surface area contributed by atoms with Crippen molar-refractivity contribution in [2.24, 2.45) is 5.92 Å². The van der Waals surface area contributed by atoms with Crippen LogP contribution < -0.4 is 0 Å². The first-order valence-corrected chi connectivity index (χ1v) is 6.26. The van der Waals surface area contributed by atoms with E-state index in [1.807, 2.05) is 12.5 Å². The summed E-state index contributed by atoms with van der Waals surface area (Å²) < 4.78 is 2.07. The maximum absolute atomic E-state index is 9.81. The van der Waals surface area contributed by atoms with Gasteiger partial charge in [0.1, 0.15) is 0 Å². The van der Waals surface area contributed by atoms with E-state index in [1.54, 1.807) is 6.20 Å².